The van der Waals surface area contributed by atoms with E-state index in [1.165, 1.54) is 0 Å². The van der Waals surface area contributed by atoms with Gasteiger partial charge in [0.25, 0.3) is 5.91 Å². The van der Waals surface area contributed by atoms with Crippen molar-refractivity contribution < 1.29 is 14.3 Å². The van der Waals surface area contributed by atoms with Crippen molar-refractivity contribution in [3.05, 3.63) is 22.7 Å². The molecule has 0 aromatic heterocycles. The van der Waals surface area contributed by atoms with Crippen LogP contribution in [0.25, 0.3) is 0 Å². The Kier molecular flexibility index (Phi) is 4.73. The summed E-state index contributed by atoms with van der Waals surface area (Å²) in [7, 11) is 5.18. The zero-order valence-electron chi connectivity index (χ0n) is 11.9. The van der Waals surface area contributed by atoms with Crippen molar-refractivity contribution >= 4 is 17.5 Å². The molecule has 1 aromatic carbocycles. The van der Waals surface area contributed by atoms with E-state index in [0.29, 0.717) is 36.0 Å². The molecule has 0 saturated carbocycles. The smallest absolute Gasteiger partial charge is 0.263 e. The molecule has 1 N–H and O–H groups in total. The van der Waals surface area contributed by atoms with Gasteiger partial charge in [-0.25, -0.2) is 0 Å². The molecule has 1 atom stereocenters. The maximum absolute atomic E-state index is 12.0. The summed E-state index contributed by atoms with van der Waals surface area (Å²) in [5, 5.41) is 3.64. The number of ether oxygens (including phenoxy) is 2. The van der Waals surface area contributed by atoms with Crippen LogP contribution in [0.1, 0.15) is 12.0 Å². The van der Waals surface area contributed by atoms with E-state index < -0.39 is 6.10 Å². The first-order chi connectivity index (χ1) is 9.56. The Morgan fingerprint density at radius 2 is 2.25 bits per heavy atom. The Bertz CT molecular complexity index is 507. The van der Waals surface area contributed by atoms with Gasteiger partial charge in [0.15, 0.2) is 17.6 Å². The minimum absolute atomic E-state index is 0.00240. The van der Waals surface area contributed by atoms with Crippen LogP contribution in [0, 0.1) is 0 Å². The van der Waals surface area contributed by atoms with E-state index in [2.05, 4.69) is 5.32 Å². The molecule has 1 amide bonds. The lowest BCUT2D eigenvalue weighted by Crippen LogP contribution is -2.30. The summed E-state index contributed by atoms with van der Waals surface area (Å²) in [4.78, 5) is 13.6. The topological polar surface area (TPSA) is 50.8 Å². The van der Waals surface area contributed by atoms with Crippen LogP contribution in [0.5, 0.6) is 11.5 Å². The molecule has 1 unspecified atom stereocenters. The van der Waals surface area contributed by atoms with Gasteiger partial charge < -0.3 is 19.7 Å². The molecule has 6 heteroatoms. The maximum Gasteiger partial charge on any atom is 0.263 e. The molecule has 110 valence electrons. The highest BCUT2D eigenvalue weighted by Crippen LogP contribution is 2.36. The molecule has 20 heavy (non-hydrogen) atoms. The second-order valence-electron chi connectivity index (χ2n) is 4.78. The van der Waals surface area contributed by atoms with Gasteiger partial charge in [-0.1, -0.05) is 11.6 Å². The number of nitrogens with zero attached hydrogens (tertiary/aromatic N) is 1. The molecule has 1 aliphatic heterocycles. The van der Waals surface area contributed by atoms with Crippen LogP contribution in [0.4, 0.5) is 0 Å². The molecule has 1 saturated heterocycles. The van der Waals surface area contributed by atoms with Gasteiger partial charge in [-0.2, -0.15) is 0 Å². The standard InChI is InChI=1S/C14H19ClN2O3/c1-16-8-9-6-10(15)7-12(19-3)13(9)20-11-4-5-17(2)14(11)18/h6-7,11,16H,4-5,8H2,1-3H3. The highest BCUT2D eigenvalue weighted by molar-refractivity contribution is 6.30. The van der Waals surface area contributed by atoms with Crippen LogP contribution in [-0.4, -0.2) is 44.7 Å². The fraction of sp³-hybridized carbons (Fsp3) is 0.500. The molecule has 1 aromatic rings. The van der Waals surface area contributed by atoms with Crippen molar-refractivity contribution in [3.8, 4) is 11.5 Å². The second-order valence-corrected chi connectivity index (χ2v) is 5.22. The summed E-state index contributed by atoms with van der Waals surface area (Å²) < 4.78 is 11.2. The van der Waals surface area contributed by atoms with Crippen LogP contribution >= 0.6 is 11.6 Å². The third kappa shape index (κ3) is 2.99. The van der Waals surface area contributed by atoms with Crippen molar-refractivity contribution in [1.29, 1.82) is 0 Å². The van der Waals surface area contributed by atoms with E-state index in [0.717, 1.165) is 5.56 Å². The van der Waals surface area contributed by atoms with E-state index in [4.69, 9.17) is 21.1 Å². The third-order valence-corrected chi connectivity index (χ3v) is 3.54. The number of nitrogens with one attached hydrogen (secondary N) is 1. The van der Waals surface area contributed by atoms with Crippen LogP contribution in [0.3, 0.4) is 0 Å². The first-order valence-corrected chi connectivity index (χ1v) is 6.87. The van der Waals surface area contributed by atoms with E-state index in [9.17, 15) is 4.79 Å². The van der Waals surface area contributed by atoms with E-state index in [1.54, 1.807) is 25.1 Å². The number of carbonyl (C=O) groups is 1. The Balaban J connectivity index is 2.31. The molecule has 1 aliphatic rings. The lowest BCUT2D eigenvalue weighted by molar-refractivity contribution is -0.132. The summed E-state index contributed by atoms with van der Waals surface area (Å²) in [6, 6.07) is 3.51. The highest BCUT2D eigenvalue weighted by Gasteiger charge is 2.32. The van der Waals surface area contributed by atoms with Gasteiger partial charge in [0.1, 0.15) is 0 Å². The number of halogens is 1. The molecule has 5 nitrogen and oxygen atoms in total. The fourth-order valence-electron chi connectivity index (χ4n) is 2.27. The lowest BCUT2D eigenvalue weighted by Gasteiger charge is -2.19. The Morgan fingerprint density at radius 3 is 2.80 bits per heavy atom. The van der Waals surface area contributed by atoms with Gasteiger partial charge in [-0.3, -0.25) is 4.79 Å². The van der Waals surface area contributed by atoms with Crippen molar-refractivity contribution in [1.82, 2.24) is 10.2 Å². The number of hydrogen-bond donors (Lipinski definition) is 1. The summed E-state index contributed by atoms with van der Waals surface area (Å²) in [5.41, 5.74) is 0.874. The van der Waals surface area contributed by atoms with Crippen LogP contribution < -0.4 is 14.8 Å². The van der Waals surface area contributed by atoms with Crippen LogP contribution in [0.2, 0.25) is 5.02 Å². The van der Waals surface area contributed by atoms with Gasteiger partial charge in [0.2, 0.25) is 0 Å². The minimum atomic E-state index is -0.453. The van der Waals surface area contributed by atoms with Crippen molar-refractivity contribution in [3.63, 3.8) is 0 Å². The average Bonchev–Trinajstić information content (AvgIpc) is 2.73. The minimum Gasteiger partial charge on any atom is -0.493 e. The van der Waals surface area contributed by atoms with Crippen molar-refractivity contribution in [2.45, 2.75) is 19.1 Å². The van der Waals surface area contributed by atoms with Gasteiger partial charge in [-0.05, 0) is 13.1 Å². The van der Waals surface area contributed by atoms with Crippen LogP contribution in [-0.2, 0) is 11.3 Å². The number of benzene rings is 1. The quantitative estimate of drug-likeness (QED) is 0.898. The molecule has 0 aliphatic carbocycles. The fourth-order valence-corrected chi connectivity index (χ4v) is 2.50. The Labute approximate surface area is 123 Å². The van der Waals surface area contributed by atoms with Crippen molar-refractivity contribution in [2.75, 3.05) is 27.7 Å². The zero-order chi connectivity index (χ0) is 14.7. The van der Waals surface area contributed by atoms with Crippen LogP contribution in [0.15, 0.2) is 12.1 Å². The SMILES string of the molecule is CNCc1cc(Cl)cc(OC)c1OC1CCN(C)C1=O. The number of amides is 1. The van der Waals surface area contributed by atoms with E-state index >= 15 is 0 Å². The molecule has 1 heterocycles. The predicted octanol–water partition coefficient (Wildman–Crippen LogP) is 1.68. The van der Waals surface area contributed by atoms with Gasteiger partial charge >= 0.3 is 0 Å². The van der Waals surface area contributed by atoms with E-state index in [-0.39, 0.29) is 5.91 Å². The normalized spacial score (nSPS) is 18.5. The Hall–Kier alpha value is -1.46. The molecule has 2 rings (SSSR count). The van der Waals surface area contributed by atoms with Crippen molar-refractivity contribution in [2.24, 2.45) is 0 Å². The average molecular weight is 299 g/mol. The molecular formula is C14H19ClN2O3. The molecular weight excluding hydrogens is 280 g/mol. The number of likely N-dealkylation sites (N-methyl/N-ethyl adjacent to an activating group) is 1. The third-order valence-electron chi connectivity index (χ3n) is 3.32. The number of rotatable bonds is 5. The molecule has 0 radical (unpaired) electrons. The van der Waals surface area contributed by atoms with Gasteiger partial charge in [0.05, 0.1) is 7.11 Å². The van der Waals surface area contributed by atoms with Gasteiger partial charge in [-0.15, -0.1) is 0 Å². The Morgan fingerprint density at radius 1 is 1.50 bits per heavy atom. The first-order valence-electron chi connectivity index (χ1n) is 6.49. The second kappa shape index (κ2) is 6.33. The summed E-state index contributed by atoms with van der Waals surface area (Å²) in [5.74, 6) is 1.13. The maximum atomic E-state index is 12.0. The van der Waals surface area contributed by atoms with Gasteiger partial charge in [0, 0.05) is 43.2 Å². The van der Waals surface area contributed by atoms with E-state index in [1.807, 2.05) is 13.1 Å². The first kappa shape index (κ1) is 14.9. The number of likely N-dealkylation sites (tertiary alicyclic amines) is 1. The highest BCUT2D eigenvalue weighted by atomic mass is 35.5. The molecule has 0 spiro atoms. The largest absolute Gasteiger partial charge is 0.493 e. The number of methoxy groups -OCH3 is 1. The summed E-state index contributed by atoms with van der Waals surface area (Å²) in [6.07, 6.45) is 0.228. The number of hydrogen-bond acceptors (Lipinski definition) is 4. The monoisotopic (exact) mass is 298 g/mol. The predicted molar refractivity (Wildman–Crippen MR) is 77.4 cm³/mol. The lowest BCUT2D eigenvalue weighted by atomic mass is 10.1. The number of carbonyl (C=O) groups excluding carboxylic acids is 1. The zero-order valence-corrected chi connectivity index (χ0v) is 12.7. The molecule has 1 fully saturated rings. The molecule has 0 bridgehead atoms. The summed E-state index contributed by atoms with van der Waals surface area (Å²) >= 11 is 6.07. The summed E-state index contributed by atoms with van der Waals surface area (Å²) in [6.45, 7) is 1.30.